The van der Waals surface area contributed by atoms with Gasteiger partial charge < -0.3 is 18.6 Å². The Morgan fingerprint density at radius 3 is 2.79 bits per heavy atom. The highest BCUT2D eigenvalue weighted by Crippen LogP contribution is 2.35. The SMILES string of the molecule is CO[C@@H]1C[C@H](c2nnc(C)o2)N(C(=O)c2cn(CC(C)C)c3ccccc23)C1. The first kappa shape index (κ1) is 18.7. The summed E-state index contributed by atoms with van der Waals surface area (Å²) in [7, 11) is 1.67. The molecule has 148 valence electrons. The van der Waals surface area contributed by atoms with Gasteiger partial charge in [0.05, 0.1) is 11.7 Å². The summed E-state index contributed by atoms with van der Waals surface area (Å²) >= 11 is 0. The third-order valence-electron chi connectivity index (χ3n) is 5.26. The van der Waals surface area contributed by atoms with Crippen molar-refractivity contribution in [3.05, 3.63) is 47.8 Å². The van der Waals surface area contributed by atoms with E-state index in [1.165, 1.54) is 0 Å². The molecule has 3 heterocycles. The summed E-state index contributed by atoms with van der Waals surface area (Å²) in [5.74, 6) is 1.42. The van der Waals surface area contributed by atoms with Gasteiger partial charge in [0, 0.05) is 50.6 Å². The van der Waals surface area contributed by atoms with E-state index in [0.717, 1.165) is 17.4 Å². The van der Waals surface area contributed by atoms with E-state index >= 15 is 0 Å². The molecule has 2 atom stereocenters. The molecule has 1 fully saturated rings. The van der Waals surface area contributed by atoms with Gasteiger partial charge in [-0.2, -0.15) is 0 Å². The number of rotatable bonds is 5. The molecule has 0 saturated carbocycles. The van der Waals surface area contributed by atoms with Crippen molar-refractivity contribution in [2.45, 2.75) is 45.9 Å². The van der Waals surface area contributed by atoms with Crippen molar-refractivity contribution >= 4 is 16.8 Å². The Bertz CT molecular complexity index is 991. The van der Waals surface area contributed by atoms with E-state index in [9.17, 15) is 4.79 Å². The number of benzene rings is 1. The van der Waals surface area contributed by atoms with Gasteiger partial charge in [-0.3, -0.25) is 4.79 Å². The van der Waals surface area contributed by atoms with Gasteiger partial charge in [-0.1, -0.05) is 32.0 Å². The molecule has 0 radical (unpaired) electrons. The van der Waals surface area contributed by atoms with E-state index in [0.29, 0.717) is 36.2 Å². The Balaban J connectivity index is 1.73. The zero-order chi connectivity index (χ0) is 19.8. The smallest absolute Gasteiger partial charge is 0.256 e. The molecule has 1 aromatic carbocycles. The molecular formula is C21H26N4O3. The Kier molecular flexibility index (Phi) is 4.93. The summed E-state index contributed by atoms with van der Waals surface area (Å²) in [6.45, 7) is 7.47. The fraction of sp³-hybridized carbons (Fsp3) is 0.476. The highest BCUT2D eigenvalue weighted by atomic mass is 16.5. The molecule has 1 aliphatic rings. The molecule has 3 aromatic rings. The number of hydrogen-bond donors (Lipinski definition) is 0. The van der Waals surface area contributed by atoms with Gasteiger partial charge in [-0.25, -0.2) is 0 Å². The molecule has 28 heavy (non-hydrogen) atoms. The van der Waals surface area contributed by atoms with Crippen LogP contribution in [0, 0.1) is 12.8 Å². The maximum atomic E-state index is 13.6. The second-order valence-corrected chi connectivity index (χ2v) is 7.83. The van der Waals surface area contributed by atoms with Gasteiger partial charge >= 0.3 is 0 Å². The minimum Gasteiger partial charge on any atom is -0.423 e. The molecule has 7 heteroatoms. The normalized spacial score (nSPS) is 19.8. The highest BCUT2D eigenvalue weighted by Gasteiger charge is 2.40. The molecule has 4 rings (SSSR count). The highest BCUT2D eigenvalue weighted by molar-refractivity contribution is 6.07. The van der Waals surface area contributed by atoms with Crippen molar-refractivity contribution in [3.8, 4) is 0 Å². The molecule has 0 unspecified atom stereocenters. The molecule has 1 saturated heterocycles. The number of likely N-dealkylation sites (tertiary alicyclic amines) is 1. The molecule has 1 aliphatic heterocycles. The monoisotopic (exact) mass is 382 g/mol. The fourth-order valence-electron chi connectivity index (χ4n) is 3.99. The van der Waals surface area contributed by atoms with Gasteiger partial charge in [0.25, 0.3) is 5.91 Å². The second-order valence-electron chi connectivity index (χ2n) is 7.83. The first-order chi connectivity index (χ1) is 13.5. The van der Waals surface area contributed by atoms with E-state index in [4.69, 9.17) is 9.15 Å². The molecule has 2 aromatic heterocycles. The summed E-state index contributed by atoms with van der Waals surface area (Å²) < 4.78 is 13.4. The van der Waals surface area contributed by atoms with Crippen LogP contribution < -0.4 is 0 Å². The lowest BCUT2D eigenvalue weighted by atomic mass is 10.1. The van der Waals surface area contributed by atoms with Gasteiger partial charge in [0.15, 0.2) is 0 Å². The number of methoxy groups -OCH3 is 1. The average molecular weight is 382 g/mol. The molecular weight excluding hydrogens is 356 g/mol. The number of aromatic nitrogens is 3. The number of aryl methyl sites for hydroxylation is 1. The van der Waals surface area contributed by atoms with Crippen molar-refractivity contribution in [1.82, 2.24) is 19.7 Å². The van der Waals surface area contributed by atoms with Crippen LogP contribution in [0.25, 0.3) is 10.9 Å². The molecule has 0 aliphatic carbocycles. The standard InChI is InChI=1S/C21H26N4O3/c1-13(2)10-24-12-17(16-7-5-6-8-18(16)24)21(26)25-11-15(27-4)9-19(25)20-23-22-14(3)28-20/h5-8,12-13,15,19H,9-11H2,1-4H3/t15-,19-/m1/s1. The number of nitrogens with zero attached hydrogens (tertiary/aromatic N) is 4. The Labute approximate surface area is 164 Å². The van der Waals surface area contributed by atoms with Crippen molar-refractivity contribution < 1.29 is 13.9 Å². The summed E-state index contributed by atoms with van der Waals surface area (Å²) in [6.07, 6.45) is 2.57. The maximum Gasteiger partial charge on any atom is 0.256 e. The first-order valence-corrected chi connectivity index (χ1v) is 9.69. The number of carbonyl (C=O) groups excluding carboxylic acids is 1. The van der Waals surface area contributed by atoms with Crippen LogP contribution in [-0.2, 0) is 11.3 Å². The van der Waals surface area contributed by atoms with Gasteiger partial charge in [0.1, 0.15) is 6.04 Å². The predicted molar refractivity (Wildman–Crippen MR) is 105 cm³/mol. The second kappa shape index (κ2) is 7.39. The van der Waals surface area contributed by atoms with E-state index in [1.54, 1.807) is 14.0 Å². The zero-order valence-electron chi connectivity index (χ0n) is 16.8. The number of hydrogen-bond acceptors (Lipinski definition) is 5. The van der Waals surface area contributed by atoms with Crippen LogP contribution >= 0.6 is 0 Å². The third kappa shape index (κ3) is 3.30. The van der Waals surface area contributed by atoms with Crippen LogP contribution in [0.3, 0.4) is 0 Å². The van der Waals surface area contributed by atoms with Crippen molar-refractivity contribution in [2.24, 2.45) is 5.92 Å². The predicted octanol–water partition coefficient (Wildman–Crippen LogP) is 3.59. The van der Waals surface area contributed by atoms with Crippen molar-refractivity contribution in [1.29, 1.82) is 0 Å². The van der Waals surface area contributed by atoms with E-state index in [-0.39, 0.29) is 18.1 Å². The number of carbonyl (C=O) groups is 1. The van der Waals surface area contributed by atoms with Crippen LogP contribution in [0.5, 0.6) is 0 Å². The van der Waals surface area contributed by atoms with Crippen LogP contribution in [-0.4, -0.2) is 45.3 Å². The number of fused-ring (bicyclic) bond motifs is 1. The summed E-state index contributed by atoms with van der Waals surface area (Å²) in [4.78, 5) is 15.4. The average Bonchev–Trinajstić information content (AvgIpc) is 3.38. The van der Waals surface area contributed by atoms with E-state index < -0.39 is 0 Å². The Hall–Kier alpha value is -2.67. The van der Waals surface area contributed by atoms with Gasteiger partial charge in [-0.15, -0.1) is 10.2 Å². The van der Waals surface area contributed by atoms with Gasteiger partial charge in [-0.05, 0) is 12.0 Å². The van der Waals surface area contributed by atoms with Crippen LogP contribution in [0.2, 0.25) is 0 Å². The van der Waals surface area contributed by atoms with Gasteiger partial charge in [0.2, 0.25) is 11.8 Å². The Morgan fingerprint density at radius 1 is 1.32 bits per heavy atom. The van der Waals surface area contributed by atoms with E-state index in [2.05, 4.69) is 34.7 Å². The third-order valence-corrected chi connectivity index (χ3v) is 5.26. The minimum atomic E-state index is -0.272. The lowest BCUT2D eigenvalue weighted by Gasteiger charge is -2.21. The fourth-order valence-corrected chi connectivity index (χ4v) is 3.99. The first-order valence-electron chi connectivity index (χ1n) is 9.69. The number of amides is 1. The van der Waals surface area contributed by atoms with Crippen molar-refractivity contribution in [3.63, 3.8) is 0 Å². The lowest BCUT2D eigenvalue weighted by molar-refractivity contribution is 0.0675. The molecule has 0 N–H and O–H groups in total. The van der Waals surface area contributed by atoms with Crippen LogP contribution in [0.1, 0.15) is 48.4 Å². The summed E-state index contributed by atoms with van der Waals surface area (Å²) in [5, 5.41) is 9.06. The maximum absolute atomic E-state index is 13.6. The van der Waals surface area contributed by atoms with Crippen LogP contribution in [0.15, 0.2) is 34.9 Å². The minimum absolute atomic E-state index is 0.0286. The largest absolute Gasteiger partial charge is 0.423 e. The zero-order valence-corrected chi connectivity index (χ0v) is 16.8. The van der Waals surface area contributed by atoms with Crippen molar-refractivity contribution in [2.75, 3.05) is 13.7 Å². The number of ether oxygens (including phenoxy) is 1. The molecule has 1 amide bonds. The van der Waals surface area contributed by atoms with E-state index in [1.807, 2.05) is 29.3 Å². The summed E-state index contributed by atoms with van der Waals surface area (Å²) in [6, 6.07) is 7.78. The number of para-hydroxylation sites is 1. The molecule has 7 nitrogen and oxygen atoms in total. The molecule has 0 bridgehead atoms. The Morgan fingerprint density at radius 2 is 2.11 bits per heavy atom. The molecule has 0 spiro atoms. The topological polar surface area (TPSA) is 73.4 Å². The lowest BCUT2D eigenvalue weighted by Crippen LogP contribution is -2.32. The van der Waals surface area contributed by atoms with Crippen LogP contribution in [0.4, 0.5) is 0 Å². The quantitative estimate of drug-likeness (QED) is 0.674. The summed E-state index contributed by atoms with van der Waals surface area (Å²) in [5.41, 5.74) is 1.78.